The molecule has 0 aliphatic carbocycles. The Labute approximate surface area is 172 Å². The lowest BCUT2D eigenvalue weighted by Crippen LogP contribution is -2.31. The van der Waals surface area contributed by atoms with Gasteiger partial charge >= 0.3 is 5.97 Å². The number of hydrogen-bond acceptors (Lipinski definition) is 4. The third-order valence-corrected chi connectivity index (χ3v) is 4.64. The Bertz CT molecular complexity index is 934. The molecule has 3 aromatic carbocycles. The highest BCUT2D eigenvalue weighted by Crippen LogP contribution is 2.42. The second kappa shape index (κ2) is 9.28. The van der Waals surface area contributed by atoms with Gasteiger partial charge in [-0.2, -0.15) is 0 Å². The molecule has 0 bridgehead atoms. The first-order valence-electron chi connectivity index (χ1n) is 9.72. The fourth-order valence-corrected chi connectivity index (χ4v) is 2.99. The van der Waals surface area contributed by atoms with Crippen LogP contribution in [0.25, 0.3) is 0 Å². The molecular formula is C25H26O4. The summed E-state index contributed by atoms with van der Waals surface area (Å²) >= 11 is 0. The number of ether oxygens (including phenoxy) is 3. The summed E-state index contributed by atoms with van der Waals surface area (Å²) in [4.78, 5) is 12.6. The number of esters is 1. The van der Waals surface area contributed by atoms with Crippen molar-refractivity contribution in [2.75, 3.05) is 6.61 Å². The maximum atomic E-state index is 12.6. The van der Waals surface area contributed by atoms with E-state index in [1.54, 1.807) is 6.92 Å². The molecule has 29 heavy (non-hydrogen) atoms. The van der Waals surface area contributed by atoms with Crippen LogP contribution < -0.4 is 9.47 Å². The molecule has 0 saturated heterocycles. The second-order valence-electron chi connectivity index (χ2n) is 7.17. The summed E-state index contributed by atoms with van der Waals surface area (Å²) in [7, 11) is 0. The van der Waals surface area contributed by atoms with Crippen molar-refractivity contribution in [2.45, 2.75) is 32.8 Å². The number of para-hydroxylation sites is 2. The minimum absolute atomic E-state index is 0.307. The lowest BCUT2D eigenvalue weighted by atomic mass is 9.84. The molecule has 0 fully saturated rings. The topological polar surface area (TPSA) is 44.8 Å². The smallest absolute Gasteiger partial charge is 0.316 e. The van der Waals surface area contributed by atoms with E-state index >= 15 is 0 Å². The van der Waals surface area contributed by atoms with Gasteiger partial charge in [-0.3, -0.25) is 4.79 Å². The number of hydrogen-bond donors (Lipinski definition) is 0. The van der Waals surface area contributed by atoms with Gasteiger partial charge in [0, 0.05) is 5.56 Å². The third-order valence-electron chi connectivity index (χ3n) is 4.64. The summed E-state index contributed by atoms with van der Waals surface area (Å²) in [6.45, 7) is 6.18. The monoisotopic (exact) mass is 390 g/mol. The predicted molar refractivity (Wildman–Crippen MR) is 113 cm³/mol. The highest BCUT2D eigenvalue weighted by molar-refractivity contribution is 5.83. The molecule has 0 amide bonds. The summed E-state index contributed by atoms with van der Waals surface area (Å²) in [5.41, 5.74) is 0.866. The van der Waals surface area contributed by atoms with Crippen molar-refractivity contribution in [3.8, 4) is 17.2 Å². The van der Waals surface area contributed by atoms with Crippen LogP contribution in [-0.2, 0) is 21.6 Å². The van der Waals surface area contributed by atoms with Crippen LogP contribution in [0.1, 0.15) is 31.9 Å². The van der Waals surface area contributed by atoms with Crippen molar-refractivity contribution < 1.29 is 19.0 Å². The van der Waals surface area contributed by atoms with Gasteiger partial charge in [0.15, 0.2) is 11.5 Å². The van der Waals surface area contributed by atoms with Crippen molar-refractivity contribution in [2.24, 2.45) is 0 Å². The van der Waals surface area contributed by atoms with E-state index in [1.165, 1.54) is 0 Å². The number of rotatable bonds is 8. The normalized spacial score (nSPS) is 11.0. The fourth-order valence-electron chi connectivity index (χ4n) is 2.99. The van der Waals surface area contributed by atoms with E-state index in [0.29, 0.717) is 36.0 Å². The SMILES string of the molecule is CCOC(=O)C(C)(C)c1cccc(OCc2ccccc2)c1Oc1ccccc1. The minimum atomic E-state index is -0.897. The Kier molecular flexibility index (Phi) is 6.55. The van der Waals surface area contributed by atoms with Crippen LogP contribution in [0.5, 0.6) is 17.2 Å². The largest absolute Gasteiger partial charge is 0.485 e. The van der Waals surface area contributed by atoms with E-state index in [4.69, 9.17) is 14.2 Å². The van der Waals surface area contributed by atoms with Crippen molar-refractivity contribution in [3.05, 3.63) is 90.0 Å². The molecule has 3 rings (SSSR count). The molecule has 0 spiro atoms. The minimum Gasteiger partial charge on any atom is -0.485 e. The van der Waals surface area contributed by atoms with Crippen molar-refractivity contribution in [1.82, 2.24) is 0 Å². The first-order valence-corrected chi connectivity index (χ1v) is 9.72. The summed E-state index contributed by atoms with van der Waals surface area (Å²) in [6.07, 6.45) is 0. The van der Waals surface area contributed by atoms with Crippen LogP contribution in [0.2, 0.25) is 0 Å². The van der Waals surface area contributed by atoms with Gasteiger partial charge < -0.3 is 14.2 Å². The van der Waals surface area contributed by atoms with Gasteiger partial charge in [-0.15, -0.1) is 0 Å². The average Bonchev–Trinajstić information content (AvgIpc) is 2.74. The molecule has 4 heteroatoms. The molecule has 0 N–H and O–H groups in total. The molecule has 3 aromatic rings. The van der Waals surface area contributed by atoms with Gasteiger partial charge in [0.2, 0.25) is 0 Å². The quantitative estimate of drug-likeness (QED) is 0.449. The number of carbonyl (C=O) groups is 1. The zero-order valence-electron chi connectivity index (χ0n) is 17.1. The Balaban J connectivity index is 1.99. The Hall–Kier alpha value is -3.27. The lowest BCUT2D eigenvalue weighted by molar-refractivity contribution is -0.148. The molecule has 150 valence electrons. The van der Waals surface area contributed by atoms with Crippen LogP contribution in [0.4, 0.5) is 0 Å². The van der Waals surface area contributed by atoms with E-state index in [9.17, 15) is 4.79 Å². The van der Waals surface area contributed by atoms with Crippen molar-refractivity contribution in [1.29, 1.82) is 0 Å². The van der Waals surface area contributed by atoms with Crippen molar-refractivity contribution >= 4 is 5.97 Å². The zero-order valence-corrected chi connectivity index (χ0v) is 17.1. The Morgan fingerprint density at radius 2 is 1.52 bits per heavy atom. The fraction of sp³-hybridized carbons (Fsp3) is 0.240. The molecule has 0 unspecified atom stereocenters. The summed E-state index contributed by atoms with van der Waals surface area (Å²) < 4.78 is 17.6. The predicted octanol–water partition coefficient (Wildman–Crippen LogP) is 5.90. The Morgan fingerprint density at radius 1 is 0.862 bits per heavy atom. The second-order valence-corrected chi connectivity index (χ2v) is 7.17. The molecule has 0 heterocycles. The maximum Gasteiger partial charge on any atom is 0.316 e. The van der Waals surface area contributed by atoms with Crippen LogP contribution in [-0.4, -0.2) is 12.6 Å². The summed E-state index contributed by atoms with van der Waals surface area (Å²) in [5.74, 6) is 1.46. The summed E-state index contributed by atoms with van der Waals surface area (Å²) in [5, 5.41) is 0. The number of benzene rings is 3. The van der Waals surface area contributed by atoms with Crippen LogP contribution in [0, 0.1) is 0 Å². The zero-order chi connectivity index (χ0) is 20.7. The average molecular weight is 390 g/mol. The first-order chi connectivity index (χ1) is 14.0. The van der Waals surface area contributed by atoms with Gasteiger partial charge in [0.1, 0.15) is 12.4 Å². The highest BCUT2D eigenvalue weighted by atomic mass is 16.5. The van der Waals surface area contributed by atoms with Gasteiger partial charge in [-0.05, 0) is 44.5 Å². The molecule has 0 radical (unpaired) electrons. The molecule has 0 saturated carbocycles. The van der Waals surface area contributed by atoms with Gasteiger partial charge in [-0.1, -0.05) is 60.7 Å². The molecule has 0 aliphatic heterocycles. The van der Waals surface area contributed by atoms with Crippen LogP contribution in [0.3, 0.4) is 0 Å². The van der Waals surface area contributed by atoms with Crippen LogP contribution >= 0.6 is 0 Å². The van der Waals surface area contributed by atoms with Crippen LogP contribution in [0.15, 0.2) is 78.9 Å². The Morgan fingerprint density at radius 3 is 2.17 bits per heavy atom. The van der Waals surface area contributed by atoms with Crippen molar-refractivity contribution in [3.63, 3.8) is 0 Å². The number of carbonyl (C=O) groups excluding carboxylic acids is 1. The molecule has 0 aliphatic rings. The van der Waals surface area contributed by atoms with E-state index in [2.05, 4.69) is 0 Å². The van der Waals surface area contributed by atoms with Gasteiger partial charge in [0.05, 0.1) is 12.0 Å². The maximum absolute atomic E-state index is 12.6. The highest BCUT2D eigenvalue weighted by Gasteiger charge is 2.35. The standard InChI is InChI=1S/C25H26O4/c1-4-27-24(26)25(2,3)21-16-11-17-22(28-18-19-12-7-5-8-13-19)23(21)29-20-14-9-6-10-15-20/h5-17H,4,18H2,1-3H3. The van der Waals surface area contributed by atoms with Gasteiger partial charge in [0.25, 0.3) is 0 Å². The third kappa shape index (κ3) is 4.96. The lowest BCUT2D eigenvalue weighted by Gasteiger charge is -2.26. The van der Waals surface area contributed by atoms with E-state index in [-0.39, 0.29) is 5.97 Å². The first kappa shape index (κ1) is 20.5. The van der Waals surface area contributed by atoms with E-state index < -0.39 is 5.41 Å². The van der Waals surface area contributed by atoms with E-state index in [1.807, 2.05) is 92.7 Å². The molecule has 4 nitrogen and oxygen atoms in total. The molecule has 0 aromatic heterocycles. The summed E-state index contributed by atoms with van der Waals surface area (Å²) in [6, 6.07) is 25.0. The van der Waals surface area contributed by atoms with E-state index in [0.717, 1.165) is 5.56 Å². The van der Waals surface area contributed by atoms with Gasteiger partial charge in [-0.25, -0.2) is 0 Å². The molecular weight excluding hydrogens is 364 g/mol. The molecule has 0 atom stereocenters.